The van der Waals surface area contributed by atoms with E-state index in [4.69, 9.17) is 10.1 Å². The molecule has 33 heavy (non-hydrogen) atoms. The number of aromatic amines is 1. The number of aromatic nitrogens is 6. The summed E-state index contributed by atoms with van der Waals surface area (Å²) in [5, 5.41) is 8.97. The van der Waals surface area contributed by atoms with E-state index < -0.39 is 0 Å². The predicted octanol–water partition coefficient (Wildman–Crippen LogP) is 3.47. The topological polar surface area (TPSA) is 90.3 Å². The minimum atomic E-state index is 0.556. The lowest BCUT2D eigenvalue weighted by atomic mass is 10.2. The summed E-state index contributed by atoms with van der Waals surface area (Å²) in [5.41, 5.74) is 6.53. The largest absolute Gasteiger partial charge is 0.369 e. The third-order valence-electron chi connectivity index (χ3n) is 6.12. The fraction of sp³-hybridized carbons (Fsp3) is 0.250. The summed E-state index contributed by atoms with van der Waals surface area (Å²) < 4.78 is 1.80. The SMILES string of the molecule is Cc1cn2nc(-c3c[nH]c4nc(Nc5cccc(N6CCN(C)CC6)c5)ncc34)ccc2n1. The number of piperazine rings is 1. The summed E-state index contributed by atoms with van der Waals surface area (Å²) in [7, 11) is 2.17. The minimum absolute atomic E-state index is 0.556. The molecule has 5 aromatic rings. The fourth-order valence-corrected chi connectivity index (χ4v) is 4.30. The fourth-order valence-electron chi connectivity index (χ4n) is 4.30. The van der Waals surface area contributed by atoms with E-state index in [0.717, 1.165) is 65.5 Å². The van der Waals surface area contributed by atoms with Crippen LogP contribution in [-0.4, -0.2) is 67.7 Å². The summed E-state index contributed by atoms with van der Waals surface area (Å²) in [4.78, 5) is 21.7. The van der Waals surface area contributed by atoms with Crippen LogP contribution in [0.1, 0.15) is 5.69 Å². The van der Waals surface area contributed by atoms with E-state index in [1.165, 1.54) is 5.69 Å². The summed E-state index contributed by atoms with van der Waals surface area (Å²) >= 11 is 0. The standard InChI is InChI=1S/C24H25N9/c1-16-15-33-22(27-16)7-6-21(30-33)19-13-25-23-20(19)14-26-24(29-23)28-17-4-3-5-18(12-17)32-10-8-31(2)9-11-32/h3-7,12-15H,8-11H2,1-2H3,(H2,25,26,28,29). The first-order chi connectivity index (χ1) is 16.1. The molecule has 1 aromatic carbocycles. The number of fused-ring (bicyclic) bond motifs is 2. The van der Waals surface area contributed by atoms with Crippen LogP contribution in [0.15, 0.2) is 55.0 Å². The van der Waals surface area contributed by atoms with E-state index in [1.54, 1.807) is 4.52 Å². The molecule has 0 aliphatic carbocycles. The number of H-pyrrole nitrogens is 1. The smallest absolute Gasteiger partial charge is 0.229 e. The quantitative estimate of drug-likeness (QED) is 0.443. The highest BCUT2D eigenvalue weighted by Crippen LogP contribution is 2.28. The highest BCUT2D eigenvalue weighted by molar-refractivity contribution is 5.92. The predicted molar refractivity (Wildman–Crippen MR) is 130 cm³/mol. The van der Waals surface area contributed by atoms with Crippen molar-refractivity contribution in [1.29, 1.82) is 0 Å². The molecule has 0 radical (unpaired) electrons. The summed E-state index contributed by atoms with van der Waals surface area (Å²) in [6, 6.07) is 12.4. The monoisotopic (exact) mass is 439 g/mol. The molecule has 9 nitrogen and oxygen atoms in total. The second-order valence-electron chi connectivity index (χ2n) is 8.53. The van der Waals surface area contributed by atoms with Crippen molar-refractivity contribution in [3.05, 3.63) is 60.7 Å². The third-order valence-corrected chi connectivity index (χ3v) is 6.12. The molecule has 1 saturated heterocycles. The first-order valence-electron chi connectivity index (χ1n) is 11.1. The molecule has 1 fully saturated rings. The van der Waals surface area contributed by atoms with Gasteiger partial charge in [0.25, 0.3) is 0 Å². The van der Waals surface area contributed by atoms with Crippen LogP contribution in [0, 0.1) is 6.92 Å². The van der Waals surface area contributed by atoms with Gasteiger partial charge >= 0.3 is 0 Å². The molecule has 1 aliphatic rings. The zero-order valence-electron chi connectivity index (χ0n) is 18.7. The summed E-state index contributed by atoms with van der Waals surface area (Å²) in [5.74, 6) is 0.556. The molecule has 0 unspecified atom stereocenters. The lowest BCUT2D eigenvalue weighted by Crippen LogP contribution is -2.44. The van der Waals surface area contributed by atoms with Crippen molar-refractivity contribution in [2.75, 3.05) is 43.4 Å². The zero-order chi connectivity index (χ0) is 22.4. The van der Waals surface area contributed by atoms with Crippen molar-refractivity contribution < 1.29 is 0 Å². The highest BCUT2D eigenvalue weighted by atomic mass is 15.3. The third kappa shape index (κ3) is 3.76. The van der Waals surface area contributed by atoms with Gasteiger partial charge < -0.3 is 20.1 Å². The molecule has 5 heterocycles. The van der Waals surface area contributed by atoms with Gasteiger partial charge in [-0.1, -0.05) is 6.07 Å². The molecular weight excluding hydrogens is 414 g/mol. The van der Waals surface area contributed by atoms with Gasteiger partial charge in [0.05, 0.1) is 17.6 Å². The number of imidazole rings is 1. The maximum Gasteiger partial charge on any atom is 0.229 e. The van der Waals surface area contributed by atoms with Gasteiger partial charge in [0.2, 0.25) is 5.95 Å². The first kappa shape index (κ1) is 19.7. The molecule has 6 rings (SSSR count). The number of anilines is 3. The number of nitrogens with zero attached hydrogens (tertiary/aromatic N) is 7. The van der Waals surface area contributed by atoms with Crippen molar-refractivity contribution in [1.82, 2.24) is 34.4 Å². The number of benzene rings is 1. The Bertz CT molecular complexity index is 1440. The lowest BCUT2D eigenvalue weighted by Gasteiger charge is -2.34. The molecule has 0 saturated carbocycles. The first-order valence-corrected chi connectivity index (χ1v) is 11.1. The van der Waals surface area contributed by atoms with Crippen molar-refractivity contribution in [2.24, 2.45) is 0 Å². The molecule has 166 valence electrons. The Labute approximate surface area is 191 Å². The Hall–Kier alpha value is -3.98. The molecule has 1 aliphatic heterocycles. The Morgan fingerprint density at radius 3 is 2.79 bits per heavy atom. The molecule has 0 spiro atoms. The lowest BCUT2D eigenvalue weighted by molar-refractivity contribution is 0.313. The zero-order valence-corrected chi connectivity index (χ0v) is 18.7. The number of aryl methyl sites for hydroxylation is 1. The normalized spacial score (nSPS) is 14.9. The van der Waals surface area contributed by atoms with Gasteiger partial charge in [-0.15, -0.1) is 0 Å². The van der Waals surface area contributed by atoms with Crippen LogP contribution in [0.3, 0.4) is 0 Å². The van der Waals surface area contributed by atoms with Gasteiger partial charge in [0, 0.05) is 60.9 Å². The van der Waals surface area contributed by atoms with E-state index >= 15 is 0 Å². The van der Waals surface area contributed by atoms with Crippen LogP contribution in [-0.2, 0) is 0 Å². The van der Waals surface area contributed by atoms with Crippen LogP contribution >= 0.6 is 0 Å². The maximum atomic E-state index is 4.69. The van der Waals surface area contributed by atoms with Crippen molar-refractivity contribution >= 4 is 34.0 Å². The Balaban J connectivity index is 1.26. The average molecular weight is 440 g/mol. The number of hydrogen-bond acceptors (Lipinski definition) is 7. The molecule has 0 amide bonds. The molecule has 9 heteroatoms. The Morgan fingerprint density at radius 2 is 1.91 bits per heavy atom. The maximum absolute atomic E-state index is 4.69. The average Bonchev–Trinajstić information content (AvgIpc) is 3.41. The van der Waals surface area contributed by atoms with Gasteiger partial charge in [-0.3, -0.25) is 0 Å². The molecular formula is C24H25N9. The Kier molecular flexibility index (Phi) is 4.69. The highest BCUT2D eigenvalue weighted by Gasteiger charge is 2.15. The second-order valence-corrected chi connectivity index (χ2v) is 8.53. The van der Waals surface area contributed by atoms with E-state index in [1.807, 2.05) is 43.7 Å². The van der Waals surface area contributed by atoms with Crippen LogP contribution < -0.4 is 10.2 Å². The van der Waals surface area contributed by atoms with E-state index in [-0.39, 0.29) is 0 Å². The minimum Gasteiger partial charge on any atom is -0.369 e. The number of hydrogen-bond donors (Lipinski definition) is 2. The summed E-state index contributed by atoms with van der Waals surface area (Å²) in [6.45, 7) is 6.19. The summed E-state index contributed by atoms with van der Waals surface area (Å²) in [6.07, 6.45) is 5.68. The molecule has 2 N–H and O–H groups in total. The van der Waals surface area contributed by atoms with Crippen molar-refractivity contribution in [3.8, 4) is 11.3 Å². The number of likely N-dealkylation sites (N-methyl/N-ethyl adjacent to an activating group) is 1. The van der Waals surface area contributed by atoms with Gasteiger partial charge in [-0.05, 0) is 44.3 Å². The number of rotatable bonds is 4. The second kappa shape index (κ2) is 7.86. The Morgan fingerprint density at radius 1 is 1.03 bits per heavy atom. The van der Waals surface area contributed by atoms with Crippen molar-refractivity contribution in [2.45, 2.75) is 6.92 Å². The molecule has 4 aromatic heterocycles. The molecule has 0 atom stereocenters. The van der Waals surface area contributed by atoms with E-state index in [2.05, 4.69) is 55.3 Å². The van der Waals surface area contributed by atoms with Gasteiger partial charge in [0.1, 0.15) is 5.65 Å². The van der Waals surface area contributed by atoms with Gasteiger partial charge in [-0.25, -0.2) is 14.5 Å². The van der Waals surface area contributed by atoms with Crippen LogP contribution in [0.5, 0.6) is 0 Å². The van der Waals surface area contributed by atoms with E-state index in [0.29, 0.717) is 5.95 Å². The van der Waals surface area contributed by atoms with Crippen LogP contribution in [0.4, 0.5) is 17.3 Å². The van der Waals surface area contributed by atoms with Gasteiger partial charge in [0.15, 0.2) is 5.65 Å². The van der Waals surface area contributed by atoms with Crippen LogP contribution in [0.2, 0.25) is 0 Å². The van der Waals surface area contributed by atoms with E-state index in [9.17, 15) is 0 Å². The molecule has 0 bridgehead atoms. The van der Waals surface area contributed by atoms with Crippen LogP contribution in [0.25, 0.3) is 27.9 Å². The van der Waals surface area contributed by atoms with Crippen molar-refractivity contribution in [3.63, 3.8) is 0 Å². The van der Waals surface area contributed by atoms with Gasteiger partial charge in [-0.2, -0.15) is 10.1 Å². The number of nitrogens with one attached hydrogen (secondary N) is 2.